The van der Waals surface area contributed by atoms with Gasteiger partial charge in [-0.25, -0.2) is 9.18 Å². The van der Waals surface area contributed by atoms with Gasteiger partial charge in [0.1, 0.15) is 18.0 Å². The molecule has 2 fully saturated rings. The summed E-state index contributed by atoms with van der Waals surface area (Å²) in [5, 5.41) is 2.85. The Balaban J connectivity index is 1.78. The molecule has 170 valence electrons. The monoisotopic (exact) mass is 453 g/mol. The van der Waals surface area contributed by atoms with E-state index in [1.54, 1.807) is 51.7 Å². The zero-order valence-electron chi connectivity index (χ0n) is 18.5. The van der Waals surface area contributed by atoms with Crippen molar-refractivity contribution >= 4 is 29.5 Å². The maximum Gasteiger partial charge on any atom is 0.411 e. The predicted octanol–water partition coefficient (Wildman–Crippen LogP) is 3.09. The molecule has 0 unspecified atom stereocenters. The molecule has 3 rings (SSSR count). The number of nitrogens with one attached hydrogen (secondary N) is 1. The molecular formula is C22H29ClFN3O4. The summed E-state index contributed by atoms with van der Waals surface area (Å²) in [4.78, 5) is 41.3. The van der Waals surface area contributed by atoms with Gasteiger partial charge >= 0.3 is 6.09 Å². The quantitative estimate of drug-likeness (QED) is 0.746. The van der Waals surface area contributed by atoms with Crippen LogP contribution in [0.3, 0.4) is 0 Å². The highest BCUT2D eigenvalue weighted by molar-refractivity contribution is 6.30. The number of fused-ring (bicyclic) bond motifs is 1. The van der Waals surface area contributed by atoms with E-state index in [1.165, 1.54) is 11.0 Å². The number of likely N-dealkylation sites (tertiary alicyclic amines) is 1. The second-order valence-corrected chi connectivity index (χ2v) is 10.0. The van der Waals surface area contributed by atoms with E-state index in [2.05, 4.69) is 5.32 Å². The van der Waals surface area contributed by atoms with Crippen molar-refractivity contribution in [3.63, 3.8) is 0 Å². The second kappa shape index (κ2) is 8.30. The highest BCUT2D eigenvalue weighted by Crippen LogP contribution is 2.33. The third kappa shape index (κ3) is 4.79. The number of hydrogen-bond donors (Lipinski definition) is 1. The number of amides is 3. The van der Waals surface area contributed by atoms with E-state index in [1.807, 2.05) is 0 Å². The van der Waals surface area contributed by atoms with Crippen LogP contribution in [0.2, 0.25) is 5.02 Å². The van der Waals surface area contributed by atoms with Crippen LogP contribution in [-0.2, 0) is 19.7 Å². The van der Waals surface area contributed by atoms with E-state index in [0.29, 0.717) is 13.0 Å². The first-order chi connectivity index (χ1) is 14.3. The highest BCUT2D eigenvalue weighted by Gasteiger charge is 2.45. The summed E-state index contributed by atoms with van der Waals surface area (Å²) in [6.45, 7) is 9.13. The number of piperidine rings is 1. The minimum Gasteiger partial charge on any atom is -0.444 e. The van der Waals surface area contributed by atoms with E-state index in [-0.39, 0.29) is 41.5 Å². The molecule has 0 aromatic heterocycles. The van der Waals surface area contributed by atoms with Crippen molar-refractivity contribution in [1.29, 1.82) is 0 Å². The fraction of sp³-hybridized carbons (Fsp3) is 0.591. The van der Waals surface area contributed by atoms with Crippen molar-refractivity contribution in [3.05, 3.63) is 34.6 Å². The molecule has 1 N–H and O–H groups in total. The SMILES string of the molecule is CC(C)(C)OC(=O)N1CC(=O)N[C@@H]2CN(C(=O)C(C)(C)c3cccc(Cl)c3F)CC[C@@H]21. The van der Waals surface area contributed by atoms with Crippen LogP contribution in [0.15, 0.2) is 18.2 Å². The molecule has 0 radical (unpaired) electrons. The Hall–Kier alpha value is -2.35. The minimum absolute atomic E-state index is 0.0374. The van der Waals surface area contributed by atoms with Gasteiger partial charge in [0, 0.05) is 18.7 Å². The molecule has 0 aliphatic carbocycles. The predicted molar refractivity (Wildman–Crippen MR) is 114 cm³/mol. The molecule has 1 aromatic carbocycles. The first kappa shape index (κ1) is 23.3. The van der Waals surface area contributed by atoms with E-state index < -0.39 is 29.0 Å². The average Bonchev–Trinajstić information content (AvgIpc) is 2.66. The minimum atomic E-state index is -1.15. The van der Waals surface area contributed by atoms with Crippen molar-refractivity contribution in [2.45, 2.75) is 64.1 Å². The molecule has 2 saturated heterocycles. The van der Waals surface area contributed by atoms with Gasteiger partial charge in [0.2, 0.25) is 11.8 Å². The number of nitrogens with zero attached hydrogens (tertiary/aromatic N) is 2. The molecule has 9 heteroatoms. The molecule has 2 aliphatic rings. The number of halogens is 2. The van der Waals surface area contributed by atoms with Gasteiger partial charge in [-0.15, -0.1) is 0 Å². The molecular weight excluding hydrogens is 425 g/mol. The second-order valence-electron chi connectivity index (χ2n) is 9.62. The Labute approximate surface area is 186 Å². The molecule has 0 bridgehead atoms. The van der Waals surface area contributed by atoms with Gasteiger partial charge in [-0.2, -0.15) is 0 Å². The Kier molecular flexibility index (Phi) is 6.24. The Morgan fingerprint density at radius 1 is 1.23 bits per heavy atom. The number of piperazine rings is 1. The number of benzene rings is 1. The van der Waals surface area contributed by atoms with Crippen molar-refractivity contribution in [3.8, 4) is 0 Å². The maximum atomic E-state index is 14.6. The number of hydrogen-bond acceptors (Lipinski definition) is 4. The Morgan fingerprint density at radius 2 is 1.90 bits per heavy atom. The number of carbonyl (C=O) groups excluding carboxylic acids is 3. The number of carbonyl (C=O) groups is 3. The Morgan fingerprint density at radius 3 is 2.55 bits per heavy atom. The number of ether oxygens (including phenoxy) is 1. The summed E-state index contributed by atoms with van der Waals surface area (Å²) in [5.41, 5.74) is -1.61. The van der Waals surface area contributed by atoms with Crippen LogP contribution in [-0.4, -0.2) is 65.0 Å². The van der Waals surface area contributed by atoms with E-state index in [0.717, 1.165) is 0 Å². The zero-order chi connectivity index (χ0) is 23.1. The van der Waals surface area contributed by atoms with Crippen molar-refractivity contribution in [2.75, 3.05) is 19.6 Å². The van der Waals surface area contributed by atoms with Gasteiger partial charge in [-0.05, 0) is 47.1 Å². The summed E-state index contributed by atoms with van der Waals surface area (Å²) >= 11 is 5.91. The molecule has 1 aromatic rings. The summed E-state index contributed by atoms with van der Waals surface area (Å²) in [5.74, 6) is -1.18. The van der Waals surface area contributed by atoms with E-state index in [4.69, 9.17) is 16.3 Å². The lowest BCUT2D eigenvalue weighted by Crippen LogP contribution is -2.69. The molecule has 2 heterocycles. The van der Waals surface area contributed by atoms with Crippen LogP contribution in [0.4, 0.5) is 9.18 Å². The van der Waals surface area contributed by atoms with Crippen LogP contribution in [0.25, 0.3) is 0 Å². The number of rotatable bonds is 2. The molecule has 0 saturated carbocycles. The van der Waals surface area contributed by atoms with Crippen molar-refractivity contribution in [2.24, 2.45) is 0 Å². The van der Waals surface area contributed by atoms with Crippen molar-refractivity contribution < 1.29 is 23.5 Å². The third-order valence-corrected chi connectivity index (χ3v) is 6.00. The summed E-state index contributed by atoms with van der Waals surface area (Å²) in [7, 11) is 0. The van der Waals surface area contributed by atoms with Crippen LogP contribution in [0.5, 0.6) is 0 Å². The lowest BCUT2D eigenvalue weighted by Gasteiger charge is -2.48. The fourth-order valence-electron chi connectivity index (χ4n) is 4.18. The maximum absolute atomic E-state index is 14.6. The normalized spacial score (nSPS) is 22.0. The van der Waals surface area contributed by atoms with E-state index >= 15 is 0 Å². The first-order valence-electron chi connectivity index (χ1n) is 10.3. The average molecular weight is 454 g/mol. The van der Waals surface area contributed by atoms with Gasteiger partial charge in [0.05, 0.1) is 22.5 Å². The van der Waals surface area contributed by atoms with Gasteiger partial charge in [-0.3, -0.25) is 14.5 Å². The van der Waals surface area contributed by atoms with Crippen LogP contribution < -0.4 is 5.32 Å². The molecule has 0 spiro atoms. The summed E-state index contributed by atoms with van der Waals surface area (Å²) in [6, 6.07) is 3.91. The highest BCUT2D eigenvalue weighted by atomic mass is 35.5. The largest absolute Gasteiger partial charge is 0.444 e. The van der Waals surface area contributed by atoms with Crippen molar-refractivity contribution in [1.82, 2.24) is 15.1 Å². The van der Waals surface area contributed by atoms with Gasteiger partial charge in [0.25, 0.3) is 0 Å². The molecule has 31 heavy (non-hydrogen) atoms. The Bertz CT molecular complexity index is 899. The smallest absolute Gasteiger partial charge is 0.411 e. The standard InChI is InChI=1S/C22H29ClFN3O4/c1-21(2,3)31-20(30)27-12-17(28)25-15-11-26(10-9-16(15)27)19(29)22(4,5)13-7-6-8-14(23)18(13)24/h6-8,15-16H,9-12H2,1-5H3,(H,25,28)/t15-,16+/m1/s1. The first-order valence-corrected chi connectivity index (χ1v) is 10.7. The van der Waals surface area contributed by atoms with Crippen LogP contribution >= 0.6 is 11.6 Å². The van der Waals surface area contributed by atoms with Crippen LogP contribution in [0.1, 0.15) is 46.6 Å². The topological polar surface area (TPSA) is 79.0 Å². The third-order valence-electron chi connectivity index (χ3n) is 5.71. The molecule has 2 aliphatic heterocycles. The lowest BCUT2D eigenvalue weighted by molar-refractivity contribution is -0.141. The van der Waals surface area contributed by atoms with Crippen LogP contribution in [0, 0.1) is 5.82 Å². The summed E-state index contributed by atoms with van der Waals surface area (Å²) < 4.78 is 20.1. The lowest BCUT2D eigenvalue weighted by atomic mass is 9.81. The molecule has 3 amide bonds. The summed E-state index contributed by atoms with van der Waals surface area (Å²) in [6.07, 6.45) is -0.0669. The molecule has 7 nitrogen and oxygen atoms in total. The zero-order valence-corrected chi connectivity index (χ0v) is 19.3. The fourth-order valence-corrected chi connectivity index (χ4v) is 4.36. The molecule has 2 atom stereocenters. The van der Waals surface area contributed by atoms with E-state index in [9.17, 15) is 18.8 Å². The van der Waals surface area contributed by atoms with Gasteiger partial charge in [0.15, 0.2) is 0 Å². The van der Waals surface area contributed by atoms with Gasteiger partial charge in [-0.1, -0.05) is 23.7 Å². The van der Waals surface area contributed by atoms with Gasteiger partial charge < -0.3 is 15.0 Å².